The van der Waals surface area contributed by atoms with Crippen LogP contribution >= 0.6 is 11.8 Å². The Hall–Kier alpha value is -3.03. The van der Waals surface area contributed by atoms with Crippen LogP contribution in [0.25, 0.3) is 0 Å². The van der Waals surface area contributed by atoms with Crippen LogP contribution in [0, 0.1) is 18.3 Å². The lowest BCUT2D eigenvalue weighted by Gasteiger charge is -2.10. The molecule has 4 heteroatoms. The van der Waals surface area contributed by atoms with Crippen LogP contribution in [0.3, 0.4) is 0 Å². The molecule has 1 N–H and O–H groups in total. The van der Waals surface area contributed by atoms with Gasteiger partial charge < -0.3 is 5.32 Å². The molecule has 3 aromatic rings. The summed E-state index contributed by atoms with van der Waals surface area (Å²) in [7, 11) is 0. The normalized spacial score (nSPS) is 10.2. The molecule has 0 aliphatic carbocycles. The highest BCUT2D eigenvalue weighted by molar-refractivity contribution is 7.98. The Balaban J connectivity index is 1.72. The molecule has 0 aromatic heterocycles. The van der Waals surface area contributed by atoms with E-state index in [4.69, 9.17) is 5.26 Å². The van der Waals surface area contributed by atoms with Crippen molar-refractivity contribution in [1.82, 2.24) is 0 Å². The van der Waals surface area contributed by atoms with E-state index in [1.54, 1.807) is 11.8 Å². The van der Waals surface area contributed by atoms with Gasteiger partial charge in [0.25, 0.3) is 5.91 Å². The number of anilines is 1. The Bertz CT molecular complexity index is 958. The predicted molar refractivity (Wildman–Crippen MR) is 106 cm³/mol. The molecule has 0 atom stereocenters. The van der Waals surface area contributed by atoms with Crippen molar-refractivity contribution in [3.05, 3.63) is 95.1 Å². The molecule has 0 aliphatic rings. The Morgan fingerprint density at radius 1 is 1.04 bits per heavy atom. The molecule has 3 rings (SSSR count). The van der Waals surface area contributed by atoms with Crippen molar-refractivity contribution in [2.24, 2.45) is 0 Å². The van der Waals surface area contributed by atoms with Crippen LogP contribution in [-0.2, 0) is 5.75 Å². The molecule has 128 valence electrons. The van der Waals surface area contributed by atoms with Gasteiger partial charge in [0.1, 0.15) is 0 Å². The first-order valence-corrected chi connectivity index (χ1v) is 9.23. The topological polar surface area (TPSA) is 52.9 Å². The maximum absolute atomic E-state index is 12.7. The van der Waals surface area contributed by atoms with E-state index in [9.17, 15) is 4.79 Å². The van der Waals surface area contributed by atoms with Crippen molar-refractivity contribution in [3.63, 3.8) is 0 Å². The summed E-state index contributed by atoms with van der Waals surface area (Å²) in [6.07, 6.45) is 0. The fraction of sp³-hybridized carbons (Fsp3) is 0.0909. The highest BCUT2D eigenvalue weighted by Gasteiger charge is 2.12. The van der Waals surface area contributed by atoms with Crippen LogP contribution in [-0.4, -0.2) is 5.91 Å². The third-order valence-corrected chi connectivity index (χ3v) is 5.03. The molecule has 3 nitrogen and oxygen atoms in total. The average molecular weight is 358 g/mol. The molecule has 0 heterocycles. The molecule has 0 saturated carbocycles. The summed E-state index contributed by atoms with van der Waals surface area (Å²) in [5, 5.41) is 11.8. The quantitative estimate of drug-likeness (QED) is 0.620. The Morgan fingerprint density at radius 2 is 1.81 bits per heavy atom. The monoisotopic (exact) mass is 358 g/mol. The number of aryl methyl sites for hydroxylation is 1. The van der Waals surface area contributed by atoms with Crippen LogP contribution < -0.4 is 5.32 Å². The zero-order valence-corrected chi connectivity index (χ0v) is 15.2. The molecule has 0 aliphatic heterocycles. The minimum Gasteiger partial charge on any atom is -0.322 e. The number of nitrogens with zero attached hydrogens (tertiary/aromatic N) is 1. The molecular weight excluding hydrogens is 340 g/mol. The maximum Gasteiger partial charge on any atom is 0.256 e. The Morgan fingerprint density at radius 3 is 2.54 bits per heavy atom. The van der Waals surface area contributed by atoms with E-state index in [1.165, 1.54) is 0 Å². The number of benzene rings is 3. The lowest BCUT2D eigenvalue weighted by Crippen LogP contribution is -2.13. The summed E-state index contributed by atoms with van der Waals surface area (Å²) in [6.45, 7) is 2.00. The molecule has 0 bridgehead atoms. The van der Waals surface area contributed by atoms with Crippen LogP contribution in [0.15, 0.2) is 77.7 Å². The maximum atomic E-state index is 12.7. The number of carbonyl (C=O) groups excluding carboxylic acids is 1. The van der Waals surface area contributed by atoms with Crippen LogP contribution in [0.5, 0.6) is 0 Å². The zero-order valence-electron chi connectivity index (χ0n) is 14.4. The Kier molecular flexibility index (Phi) is 5.73. The molecule has 0 radical (unpaired) electrons. The van der Waals surface area contributed by atoms with Crippen molar-refractivity contribution >= 4 is 23.4 Å². The summed E-state index contributed by atoms with van der Waals surface area (Å²) in [4.78, 5) is 13.6. The van der Waals surface area contributed by atoms with Crippen molar-refractivity contribution in [1.29, 1.82) is 5.26 Å². The number of hydrogen-bond acceptors (Lipinski definition) is 3. The molecule has 0 saturated heterocycles. The first kappa shape index (κ1) is 17.8. The van der Waals surface area contributed by atoms with Crippen molar-refractivity contribution in [3.8, 4) is 6.07 Å². The number of nitriles is 1. The van der Waals surface area contributed by atoms with Gasteiger partial charge >= 0.3 is 0 Å². The fourth-order valence-electron chi connectivity index (χ4n) is 2.54. The van der Waals surface area contributed by atoms with Gasteiger partial charge in [0.05, 0.1) is 17.2 Å². The van der Waals surface area contributed by atoms with Gasteiger partial charge in [-0.3, -0.25) is 4.79 Å². The van der Waals surface area contributed by atoms with E-state index in [1.807, 2.05) is 79.7 Å². The van der Waals surface area contributed by atoms with E-state index in [2.05, 4.69) is 11.4 Å². The average Bonchev–Trinajstić information content (AvgIpc) is 2.67. The largest absolute Gasteiger partial charge is 0.322 e. The minimum absolute atomic E-state index is 0.112. The first-order chi connectivity index (χ1) is 12.7. The van der Waals surface area contributed by atoms with E-state index in [-0.39, 0.29) is 5.91 Å². The van der Waals surface area contributed by atoms with Gasteiger partial charge in [-0.1, -0.05) is 36.4 Å². The summed E-state index contributed by atoms with van der Waals surface area (Å²) < 4.78 is 0. The third kappa shape index (κ3) is 4.53. The minimum atomic E-state index is -0.112. The zero-order chi connectivity index (χ0) is 18.4. The highest BCUT2D eigenvalue weighted by Crippen LogP contribution is 2.27. The van der Waals surface area contributed by atoms with Crippen molar-refractivity contribution < 1.29 is 4.79 Å². The first-order valence-electron chi connectivity index (χ1n) is 8.24. The number of amides is 1. The summed E-state index contributed by atoms with van der Waals surface area (Å²) >= 11 is 1.61. The van der Waals surface area contributed by atoms with Gasteiger partial charge in [-0.25, -0.2) is 0 Å². The van der Waals surface area contributed by atoms with Crippen molar-refractivity contribution in [2.45, 2.75) is 17.6 Å². The van der Waals surface area contributed by atoms with Crippen LogP contribution in [0.1, 0.15) is 27.0 Å². The third-order valence-electron chi connectivity index (χ3n) is 3.89. The molecular formula is C22H18N2OS. The molecule has 0 spiro atoms. The summed E-state index contributed by atoms with van der Waals surface area (Å²) in [6, 6.07) is 25.0. The van der Waals surface area contributed by atoms with Gasteiger partial charge in [0.15, 0.2) is 0 Å². The van der Waals surface area contributed by atoms with Gasteiger partial charge in [-0.05, 0) is 54.4 Å². The van der Waals surface area contributed by atoms with E-state index >= 15 is 0 Å². The van der Waals surface area contributed by atoms with Gasteiger partial charge in [-0.2, -0.15) is 5.26 Å². The highest BCUT2D eigenvalue weighted by atomic mass is 32.2. The lowest BCUT2D eigenvalue weighted by molar-refractivity contribution is 0.102. The smallest absolute Gasteiger partial charge is 0.256 e. The molecule has 3 aromatic carbocycles. The molecule has 0 unspecified atom stereocenters. The number of thioether (sulfide) groups is 1. The van der Waals surface area contributed by atoms with Gasteiger partial charge in [0.2, 0.25) is 0 Å². The second-order valence-electron chi connectivity index (χ2n) is 5.92. The Labute approximate surface area is 157 Å². The van der Waals surface area contributed by atoms with E-state index in [0.717, 1.165) is 27.5 Å². The second kappa shape index (κ2) is 8.37. The van der Waals surface area contributed by atoms with E-state index < -0.39 is 0 Å². The summed E-state index contributed by atoms with van der Waals surface area (Å²) in [5.41, 5.74) is 4.32. The predicted octanol–water partition coefficient (Wildman–Crippen LogP) is 5.41. The number of hydrogen-bond donors (Lipinski definition) is 1. The molecule has 0 fully saturated rings. The lowest BCUT2D eigenvalue weighted by atomic mass is 10.2. The van der Waals surface area contributed by atoms with Crippen LogP contribution in [0.2, 0.25) is 0 Å². The van der Waals surface area contributed by atoms with Crippen molar-refractivity contribution in [2.75, 3.05) is 5.32 Å². The van der Waals surface area contributed by atoms with Crippen LogP contribution in [0.4, 0.5) is 5.69 Å². The number of nitrogens with one attached hydrogen (secondary N) is 1. The number of carbonyl (C=O) groups is 1. The molecule has 26 heavy (non-hydrogen) atoms. The SMILES string of the molecule is Cc1cccc(NC(=O)c2ccccc2SCc2ccc(C#N)cc2)c1. The second-order valence-corrected chi connectivity index (χ2v) is 6.93. The standard InChI is InChI=1S/C22H18N2OS/c1-16-5-4-6-19(13-16)24-22(25)20-7-2-3-8-21(20)26-15-18-11-9-17(14-23)10-12-18/h2-13H,15H2,1H3,(H,24,25). The summed E-state index contributed by atoms with van der Waals surface area (Å²) in [5.74, 6) is 0.624. The number of rotatable bonds is 5. The van der Waals surface area contributed by atoms with Gasteiger partial charge in [-0.15, -0.1) is 11.8 Å². The molecule has 1 amide bonds. The van der Waals surface area contributed by atoms with Gasteiger partial charge in [0, 0.05) is 16.3 Å². The van der Waals surface area contributed by atoms with E-state index in [0.29, 0.717) is 11.1 Å². The fourth-order valence-corrected chi connectivity index (χ4v) is 3.54.